The molecule has 0 aliphatic rings. The van der Waals surface area contributed by atoms with Crippen molar-refractivity contribution in [1.29, 1.82) is 0 Å². The Bertz CT molecular complexity index is 603. The molecule has 1 aromatic rings. The van der Waals surface area contributed by atoms with Gasteiger partial charge >= 0.3 is 12.1 Å². The highest BCUT2D eigenvalue weighted by atomic mass is 16.5. The quantitative estimate of drug-likeness (QED) is 0.625. The van der Waals surface area contributed by atoms with Crippen LogP contribution < -0.4 is 10.6 Å². The zero-order chi connectivity index (χ0) is 19.7. The summed E-state index contributed by atoms with van der Waals surface area (Å²) in [6, 6.07) is 7.29. The number of hydrogen-bond donors (Lipinski definition) is 3. The van der Waals surface area contributed by atoms with Crippen LogP contribution in [0.5, 0.6) is 0 Å². The van der Waals surface area contributed by atoms with Gasteiger partial charge in [0.15, 0.2) is 0 Å². The Kier molecular flexibility index (Phi) is 8.61. The van der Waals surface area contributed by atoms with Crippen molar-refractivity contribution in [2.75, 3.05) is 0 Å². The standard InChI is InChI=1S/C19H28N2O5/c1-5-13(4)16(18(23)24)20-17(22)15(12(2)3)21-19(25)26-11-14-9-7-6-8-10-14/h6-10,12-13,15-16H,5,11H2,1-4H3,(H,20,22)(H,21,25)(H,23,24)/t13-,15?,16-/m0/s1. The molecule has 0 spiro atoms. The fourth-order valence-electron chi connectivity index (χ4n) is 2.35. The van der Waals surface area contributed by atoms with E-state index in [1.165, 1.54) is 0 Å². The van der Waals surface area contributed by atoms with Gasteiger partial charge in [0, 0.05) is 0 Å². The van der Waals surface area contributed by atoms with Gasteiger partial charge in [-0.25, -0.2) is 9.59 Å². The molecule has 26 heavy (non-hydrogen) atoms. The lowest BCUT2D eigenvalue weighted by Gasteiger charge is -2.26. The number of rotatable bonds is 9. The van der Waals surface area contributed by atoms with E-state index in [1.807, 2.05) is 37.3 Å². The maximum absolute atomic E-state index is 12.5. The average molecular weight is 364 g/mol. The fraction of sp³-hybridized carbons (Fsp3) is 0.526. The zero-order valence-corrected chi connectivity index (χ0v) is 15.7. The lowest BCUT2D eigenvalue weighted by atomic mass is 9.97. The number of amides is 2. The first kappa shape index (κ1) is 21.5. The predicted molar refractivity (Wildman–Crippen MR) is 97.4 cm³/mol. The lowest BCUT2D eigenvalue weighted by Crippen LogP contribution is -2.55. The Labute approximate surface area is 154 Å². The van der Waals surface area contributed by atoms with Crippen LogP contribution in [0.15, 0.2) is 30.3 Å². The zero-order valence-electron chi connectivity index (χ0n) is 15.7. The molecule has 7 nitrogen and oxygen atoms in total. The third-order valence-corrected chi connectivity index (χ3v) is 4.21. The smallest absolute Gasteiger partial charge is 0.408 e. The van der Waals surface area contributed by atoms with Gasteiger partial charge in [-0.3, -0.25) is 4.79 Å². The second-order valence-electron chi connectivity index (χ2n) is 6.64. The van der Waals surface area contributed by atoms with Crippen molar-refractivity contribution in [3.63, 3.8) is 0 Å². The van der Waals surface area contributed by atoms with Crippen molar-refractivity contribution < 1.29 is 24.2 Å². The average Bonchev–Trinajstić information content (AvgIpc) is 2.61. The van der Waals surface area contributed by atoms with E-state index in [-0.39, 0.29) is 18.4 Å². The number of ether oxygens (including phenoxy) is 1. The van der Waals surface area contributed by atoms with Gasteiger partial charge in [0.05, 0.1) is 0 Å². The minimum absolute atomic E-state index is 0.0870. The molecule has 0 bridgehead atoms. The van der Waals surface area contributed by atoms with E-state index in [0.717, 1.165) is 5.56 Å². The second kappa shape index (κ2) is 10.4. The number of benzene rings is 1. The Morgan fingerprint density at radius 1 is 1.04 bits per heavy atom. The Hall–Kier alpha value is -2.57. The summed E-state index contributed by atoms with van der Waals surface area (Å²) in [5.74, 6) is -2.09. The molecule has 144 valence electrons. The van der Waals surface area contributed by atoms with Gasteiger partial charge in [-0.2, -0.15) is 0 Å². The van der Waals surface area contributed by atoms with Crippen LogP contribution in [0.1, 0.15) is 39.7 Å². The summed E-state index contributed by atoms with van der Waals surface area (Å²) >= 11 is 0. The molecule has 0 aromatic heterocycles. The van der Waals surface area contributed by atoms with E-state index in [4.69, 9.17) is 4.74 Å². The summed E-state index contributed by atoms with van der Waals surface area (Å²) in [6.07, 6.45) is -0.117. The number of alkyl carbamates (subject to hydrolysis) is 1. The SMILES string of the molecule is CC[C@H](C)[C@H](NC(=O)C(NC(=O)OCc1ccccc1)C(C)C)C(=O)O. The van der Waals surface area contributed by atoms with Gasteiger partial charge < -0.3 is 20.5 Å². The van der Waals surface area contributed by atoms with E-state index in [1.54, 1.807) is 20.8 Å². The highest BCUT2D eigenvalue weighted by molar-refractivity contribution is 5.89. The van der Waals surface area contributed by atoms with Gasteiger partial charge in [0.2, 0.25) is 5.91 Å². The molecule has 0 radical (unpaired) electrons. The third-order valence-electron chi connectivity index (χ3n) is 4.21. The van der Waals surface area contributed by atoms with Crippen LogP contribution in [0.3, 0.4) is 0 Å². The van der Waals surface area contributed by atoms with Gasteiger partial charge in [-0.05, 0) is 17.4 Å². The largest absolute Gasteiger partial charge is 0.480 e. The van der Waals surface area contributed by atoms with E-state index < -0.39 is 30.1 Å². The van der Waals surface area contributed by atoms with Crippen molar-refractivity contribution in [3.8, 4) is 0 Å². The van der Waals surface area contributed by atoms with Crippen molar-refractivity contribution in [2.24, 2.45) is 11.8 Å². The monoisotopic (exact) mass is 364 g/mol. The molecule has 0 aliphatic heterocycles. The number of carboxylic acid groups (broad SMARTS) is 1. The molecule has 0 aliphatic carbocycles. The first-order chi connectivity index (χ1) is 12.3. The molecule has 1 unspecified atom stereocenters. The molecular formula is C19H28N2O5. The van der Waals surface area contributed by atoms with Crippen LogP contribution in [0.4, 0.5) is 4.79 Å². The first-order valence-corrected chi connectivity index (χ1v) is 8.76. The van der Waals surface area contributed by atoms with E-state index >= 15 is 0 Å². The summed E-state index contributed by atoms with van der Waals surface area (Å²) in [5.41, 5.74) is 0.830. The Balaban J connectivity index is 2.67. The highest BCUT2D eigenvalue weighted by Gasteiger charge is 2.31. The molecule has 2 amide bonds. The minimum atomic E-state index is -1.10. The first-order valence-electron chi connectivity index (χ1n) is 8.76. The summed E-state index contributed by atoms with van der Waals surface area (Å²) in [5, 5.41) is 14.4. The normalized spacial score (nSPS) is 14.2. The van der Waals surface area contributed by atoms with Gasteiger partial charge in [0.1, 0.15) is 18.7 Å². The van der Waals surface area contributed by atoms with Gasteiger partial charge in [-0.15, -0.1) is 0 Å². The Morgan fingerprint density at radius 3 is 2.15 bits per heavy atom. The van der Waals surface area contributed by atoms with Gasteiger partial charge in [-0.1, -0.05) is 64.4 Å². The topological polar surface area (TPSA) is 105 Å². The van der Waals surface area contributed by atoms with Crippen LogP contribution in [-0.2, 0) is 20.9 Å². The molecular weight excluding hydrogens is 336 g/mol. The van der Waals surface area contributed by atoms with Crippen molar-refractivity contribution in [1.82, 2.24) is 10.6 Å². The third kappa shape index (κ3) is 6.74. The molecule has 3 N–H and O–H groups in total. The van der Waals surface area contributed by atoms with E-state index in [0.29, 0.717) is 6.42 Å². The molecule has 0 saturated heterocycles. The lowest BCUT2D eigenvalue weighted by molar-refractivity contribution is -0.143. The molecule has 3 atom stereocenters. The van der Waals surface area contributed by atoms with Crippen LogP contribution >= 0.6 is 0 Å². The molecule has 7 heteroatoms. The van der Waals surface area contributed by atoms with E-state index in [2.05, 4.69) is 10.6 Å². The highest BCUT2D eigenvalue weighted by Crippen LogP contribution is 2.10. The number of nitrogens with one attached hydrogen (secondary N) is 2. The van der Waals surface area contributed by atoms with E-state index in [9.17, 15) is 19.5 Å². The number of carbonyl (C=O) groups excluding carboxylic acids is 2. The molecule has 0 saturated carbocycles. The van der Waals surface area contributed by atoms with Crippen LogP contribution in [0, 0.1) is 11.8 Å². The summed E-state index contributed by atoms with van der Waals surface area (Å²) < 4.78 is 5.13. The fourth-order valence-corrected chi connectivity index (χ4v) is 2.35. The Morgan fingerprint density at radius 2 is 1.65 bits per heavy atom. The molecule has 1 aromatic carbocycles. The van der Waals surface area contributed by atoms with Crippen molar-refractivity contribution >= 4 is 18.0 Å². The second-order valence-corrected chi connectivity index (χ2v) is 6.64. The number of hydrogen-bond acceptors (Lipinski definition) is 4. The maximum Gasteiger partial charge on any atom is 0.408 e. The van der Waals surface area contributed by atoms with Crippen molar-refractivity contribution in [3.05, 3.63) is 35.9 Å². The van der Waals surface area contributed by atoms with Crippen LogP contribution in [-0.4, -0.2) is 35.2 Å². The summed E-state index contributed by atoms with van der Waals surface area (Å²) in [6.45, 7) is 7.22. The van der Waals surface area contributed by atoms with Gasteiger partial charge in [0.25, 0.3) is 0 Å². The van der Waals surface area contributed by atoms with Crippen molar-refractivity contribution in [2.45, 2.75) is 52.8 Å². The summed E-state index contributed by atoms with van der Waals surface area (Å²) in [4.78, 5) is 35.9. The van der Waals surface area contributed by atoms with Crippen LogP contribution in [0.25, 0.3) is 0 Å². The molecule has 0 heterocycles. The molecule has 0 fully saturated rings. The van der Waals surface area contributed by atoms with Crippen LogP contribution in [0.2, 0.25) is 0 Å². The predicted octanol–water partition coefficient (Wildman–Crippen LogP) is 2.55. The maximum atomic E-state index is 12.5. The molecule has 1 rings (SSSR count). The summed E-state index contributed by atoms with van der Waals surface area (Å²) in [7, 11) is 0. The number of aliphatic carboxylic acids is 1. The number of carbonyl (C=O) groups is 3. The number of carboxylic acids is 1. The minimum Gasteiger partial charge on any atom is -0.480 e.